The maximum Gasteiger partial charge on any atom is 0.144 e. The van der Waals surface area contributed by atoms with Crippen molar-refractivity contribution in [2.45, 2.75) is 12.5 Å². The van der Waals surface area contributed by atoms with Gasteiger partial charge in [0.05, 0.1) is 12.7 Å². The summed E-state index contributed by atoms with van der Waals surface area (Å²) < 4.78 is 9.81. The van der Waals surface area contributed by atoms with E-state index in [1.807, 2.05) is 0 Å². The van der Waals surface area contributed by atoms with E-state index < -0.39 is 0 Å². The van der Waals surface area contributed by atoms with Gasteiger partial charge in [-0.1, -0.05) is 0 Å². The average molecular weight is 118 g/mol. The molecule has 3 heteroatoms. The van der Waals surface area contributed by atoms with E-state index in [0.29, 0.717) is 6.61 Å². The minimum Gasteiger partial charge on any atom is -0.379 e. The van der Waals surface area contributed by atoms with E-state index in [9.17, 15) is 0 Å². The third-order valence-corrected chi connectivity index (χ3v) is 1.20. The molecule has 1 unspecified atom stereocenters. The normalized spacial score (nSPS) is 28.9. The molecular formula is C5H10O3. The molecule has 0 radical (unpaired) electrons. The molecule has 0 amide bonds. The van der Waals surface area contributed by atoms with Gasteiger partial charge in [0.1, 0.15) is 6.79 Å². The molecule has 8 heavy (non-hydrogen) atoms. The minimum atomic E-state index is -0.186. The predicted molar refractivity (Wildman–Crippen MR) is 27.4 cm³/mol. The Morgan fingerprint density at radius 3 is 3.12 bits per heavy atom. The van der Waals surface area contributed by atoms with Crippen LogP contribution in [0.3, 0.4) is 0 Å². The average Bonchev–Trinajstić information content (AvgIpc) is 2.19. The van der Waals surface area contributed by atoms with Crippen LogP contribution in [0.25, 0.3) is 0 Å². The van der Waals surface area contributed by atoms with Crippen LogP contribution in [0.5, 0.6) is 0 Å². The number of ether oxygens (including phenoxy) is 2. The molecule has 1 fully saturated rings. The summed E-state index contributed by atoms with van der Waals surface area (Å²) in [5.74, 6) is 0. The molecule has 0 saturated carbocycles. The smallest absolute Gasteiger partial charge is 0.144 e. The van der Waals surface area contributed by atoms with E-state index in [-0.39, 0.29) is 12.9 Å². The summed E-state index contributed by atoms with van der Waals surface area (Å²) in [6, 6.07) is 0. The second-order valence-corrected chi connectivity index (χ2v) is 1.78. The second kappa shape index (κ2) is 3.02. The van der Waals surface area contributed by atoms with Crippen molar-refractivity contribution in [3.63, 3.8) is 0 Å². The molecule has 0 aliphatic carbocycles. The number of hydrogen-bond acceptors (Lipinski definition) is 3. The lowest BCUT2D eigenvalue weighted by Crippen LogP contribution is -2.12. The monoisotopic (exact) mass is 118 g/mol. The standard InChI is InChI=1S/C5H10O3/c6-4-8-5-1-2-7-3-5/h5-6H,1-4H2. The number of aliphatic hydroxyl groups excluding tert-OH is 1. The van der Waals surface area contributed by atoms with Crippen LogP contribution in [0.15, 0.2) is 0 Å². The van der Waals surface area contributed by atoms with Crippen molar-refractivity contribution in [3.8, 4) is 0 Å². The molecule has 48 valence electrons. The highest BCUT2D eigenvalue weighted by molar-refractivity contribution is 4.61. The van der Waals surface area contributed by atoms with Gasteiger partial charge in [0, 0.05) is 6.61 Å². The Bertz CT molecular complexity index is 58.7. The molecule has 1 saturated heterocycles. The van der Waals surface area contributed by atoms with E-state index in [1.54, 1.807) is 0 Å². The number of hydrogen-bond donors (Lipinski definition) is 1. The highest BCUT2D eigenvalue weighted by Crippen LogP contribution is 2.06. The zero-order chi connectivity index (χ0) is 5.82. The first kappa shape index (κ1) is 6.01. The third kappa shape index (κ3) is 1.43. The summed E-state index contributed by atoms with van der Waals surface area (Å²) in [6.45, 7) is 1.22. The lowest BCUT2D eigenvalue weighted by atomic mass is 10.3. The Balaban J connectivity index is 2.06. The van der Waals surface area contributed by atoms with E-state index >= 15 is 0 Å². The maximum absolute atomic E-state index is 8.25. The molecule has 1 rings (SSSR count). The van der Waals surface area contributed by atoms with E-state index in [4.69, 9.17) is 14.6 Å². The minimum absolute atomic E-state index is 0.139. The largest absolute Gasteiger partial charge is 0.379 e. The summed E-state index contributed by atoms with van der Waals surface area (Å²) in [4.78, 5) is 0. The van der Waals surface area contributed by atoms with Gasteiger partial charge in [-0.25, -0.2) is 0 Å². The number of rotatable bonds is 2. The SMILES string of the molecule is OCOC1CCOC1. The summed E-state index contributed by atoms with van der Waals surface area (Å²) in [5, 5.41) is 8.25. The molecule has 1 aliphatic rings. The van der Waals surface area contributed by atoms with Crippen LogP contribution in [-0.2, 0) is 9.47 Å². The van der Waals surface area contributed by atoms with E-state index in [1.165, 1.54) is 0 Å². The molecule has 0 aromatic rings. The predicted octanol–water partition coefficient (Wildman–Crippen LogP) is -0.258. The summed E-state index contributed by atoms with van der Waals surface area (Å²) in [6.07, 6.45) is 1.06. The summed E-state index contributed by atoms with van der Waals surface area (Å²) in [7, 11) is 0. The van der Waals surface area contributed by atoms with Crippen molar-refractivity contribution >= 4 is 0 Å². The van der Waals surface area contributed by atoms with Crippen molar-refractivity contribution in [2.75, 3.05) is 20.0 Å². The molecule has 1 aliphatic heterocycles. The van der Waals surface area contributed by atoms with Gasteiger partial charge in [-0.05, 0) is 6.42 Å². The van der Waals surface area contributed by atoms with Crippen molar-refractivity contribution in [1.29, 1.82) is 0 Å². The highest BCUT2D eigenvalue weighted by atomic mass is 16.6. The Hall–Kier alpha value is -0.120. The molecule has 0 bridgehead atoms. The molecule has 1 heterocycles. The zero-order valence-corrected chi connectivity index (χ0v) is 4.67. The van der Waals surface area contributed by atoms with Crippen LogP contribution >= 0.6 is 0 Å². The molecular weight excluding hydrogens is 108 g/mol. The Morgan fingerprint density at radius 2 is 2.62 bits per heavy atom. The Labute approximate surface area is 48.2 Å². The lowest BCUT2D eigenvalue weighted by molar-refractivity contribution is -0.0509. The van der Waals surface area contributed by atoms with Gasteiger partial charge < -0.3 is 14.6 Å². The van der Waals surface area contributed by atoms with Crippen LogP contribution in [0.1, 0.15) is 6.42 Å². The van der Waals surface area contributed by atoms with Crippen LogP contribution in [0.2, 0.25) is 0 Å². The van der Waals surface area contributed by atoms with E-state index in [0.717, 1.165) is 13.0 Å². The van der Waals surface area contributed by atoms with Crippen LogP contribution in [0, 0.1) is 0 Å². The van der Waals surface area contributed by atoms with Gasteiger partial charge in [0.25, 0.3) is 0 Å². The first-order chi connectivity index (χ1) is 3.93. The molecule has 3 nitrogen and oxygen atoms in total. The molecule has 1 atom stereocenters. The summed E-state index contributed by atoms with van der Waals surface area (Å²) >= 11 is 0. The molecule has 0 spiro atoms. The van der Waals surface area contributed by atoms with Crippen molar-refractivity contribution in [3.05, 3.63) is 0 Å². The van der Waals surface area contributed by atoms with Crippen LogP contribution in [-0.4, -0.2) is 31.2 Å². The van der Waals surface area contributed by atoms with Gasteiger partial charge in [0.15, 0.2) is 0 Å². The molecule has 0 aromatic carbocycles. The first-order valence-electron chi connectivity index (χ1n) is 2.73. The highest BCUT2D eigenvalue weighted by Gasteiger charge is 2.14. The maximum atomic E-state index is 8.25. The molecule has 1 N–H and O–H groups in total. The zero-order valence-electron chi connectivity index (χ0n) is 4.67. The fourth-order valence-corrected chi connectivity index (χ4v) is 0.750. The van der Waals surface area contributed by atoms with E-state index in [2.05, 4.69) is 0 Å². The number of aliphatic hydroxyl groups is 1. The lowest BCUT2D eigenvalue weighted by Gasteiger charge is -2.03. The summed E-state index contributed by atoms with van der Waals surface area (Å²) in [5.41, 5.74) is 0. The fourth-order valence-electron chi connectivity index (χ4n) is 0.750. The van der Waals surface area contributed by atoms with Crippen molar-refractivity contribution in [1.82, 2.24) is 0 Å². The van der Waals surface area contributed by atoms with Gasteiger partial charge in [-0.3, -0.25) is 0 Å². The second-order valence-electron chi connectivity index (χ2n) is 1.78. The van der Waals surface area contributed by atoms with Gasteiger partial charge in [-0.2, -0.15) is 0 Å². The Morgan fingerprint density at radius 1 is 1.75 bits per heavy atom. The fraction of sp³-hybridized carbons (Fsp3) is 1.00. The first-order valence-corrected chi connectivity index (χ1v) is 2.73. The van der Waals surface area contributed by atoms with Crippen molar-refractivity contribution in [2.24, 2.45) is 0 Å². The van der Waals surface area contributed by atoms with Gasteiger partial charge in [-0.15, -0.1) is 0 Å². The topological polar surface area (TPSA) is 38.7 Å². The Kier molecular flexibility index (Phi) is 2.27. The quantitative estimate of drug-likeness (QED) is 0.508. The third-order valence-electron chi connectivity index (χ3n) is 1.20. The molecule has 0 aromatic heterocycles. The van der Waals surface area contributed by atoms with Crippen LogP contribution < -0.4 is 0 Å². The van der Waals surface area contributed by atoms with Crippen molar-refractivity contribution < 1.29 is 14.6 Å². The van der Waals surface area contributed by atoms with Gasteiger partial charge >= 0.3 is 0 Å². The van der Waals surface area contributed by atoms with Gasteiger partial charge in [0.2, 0.25) is 0 Å². The van der Waals surface area contributed by atoms with Crippen LogP contribution in [0.4, 0.5) is 0 Å².